The minimum Gasteiger partial charge on any atom is -0.354 e. The number of nitrogens with one attached hydrogen (secondary N) is 1. The molecule has 1 saturated heterocycles. The van der Waals surface area contributed by atoms with E-state index in [1.54, 1.807) is 29.2 Å². The summed E-state index contributed by atoms with van der Waals surface area (Å²) in [4.78, 5) is 25.8. The van der Waals surface area contributed by atoms with Crippen LogP contribution in [0.4, 0.5) is 5.69 Å². The van der Waals surface area contributed by atoms with Crippen LogP contribution in [-0.4, -0.2) is 45.4 Å². The molecule has 7 heteroatoms. The molecule has 1 N–H and O–H groups in total. The van der Waals surface area contributed by atoms with Gasteiger partial charge < -0.3 is 19.7 Å². The third-order valence-corrected chi connectivity index (χ3v) is 3.85. The van der Waals surface area contributed by atoms with E-state index in [1.165, 1.54) is 14.2 Å². The Bertz CT molecular complexity index is 531. The number of hydrogen-bond donors (Lipinski definition) is 1. The largest absolute Gasteiger partial charge is 0.354 e. The van der Waals surface area contributed by atoms with Crippen molar-refractivity contribution in [3.63, 3.8) is 0 Å². The molecule has 1 fully saturated rings. The summed E-state index contributed by atoms with van der Waals surface area (Å²) >= 11 is 5.84. The summed E-state index contributed by atoms with van der Waals surface area (Å²) < 4.78 is 10.0. The van der Waals surface area contributed by atoms with Gasteiger partial charge in [0.1, 0.15) is 0 Å². The van der Waals surface area contributed by atoms with Crippen LogP contribution in [0, 0.1) is 5.92 Å². The highest BCUT2D eigenvalue weighted by Crippen LogP contribution is 2.26. The number of ether oxygens (including phenoxy) is 2. The Balaban J connectivity index is 1.94. The van der Waals surface area contributed by atoms with Crippen molar-refractivity contribution in [3.8, 4) is 0 Å². The SMILES string of the molecule is COC(CNC(=O)C1CC(=O)N(c2ccc(Cl)cc2)C1)OC. The maximum atomic E-state index is 12.1. The van der Waals surface area contributed by atoms with Crippen molar-refractivity contribution in [1.29, 1.82) is 0 Å². The Kier molecular flexibility index (Phi) is 5.76. The lowest BCUT2D eigenvalue weighted by Crippen LogP contribution is -2.38. The van der Waals surface area contributed by atoms with Gasteiger partial charge in [-0.2, -0.15) is 0 Å². The zero-order valence-corrected chi connectivity index (χ0v) is 13.3. The fraction of sp³-hybridized carbons (Fsp3) is 0.467. The Morgan fingerprint density at radius 3 is 2.59 bits per heavy atom. The first kappa shape index (κ1) is 16.7. The smallest absolute Gasteiger partial charge is 0.227 e. The van der Waals surface area contributed by atoms with Gasteiger partial charge in [0.2, 0.25) is 11.8 Å². The average Bonchev–Trinajstić information content (AvgIpc) is 2.91. The van der Waals surface area contributed by atoms with Crippen LogP contribution in [0.2, 0.25) is 5.02 Å². The second kappa shape index (κ2) is 7.58. The molecule has 1 aromatic rings. The van der Waals surface area contributed by atoms with Crippen LogP contribution in [0.5, 0.6) is 0 Å². The normalized spacial score (nSPS) is 18.1. The van der Waals surface area contributed by atoms with Gasteiger partial charge in [0, 0.05) is 37.9 Å². The number of hydrogen-bond acceptors (Lipinski definition) is 4. The fourth-order valence-electron chi connectivity index (χ4n) is 2.34. The molecule has 0 bridgehead atoms. The molecule has 0 spiro atoms. The molecule has 0 aromatic heterocycles. The van der Waals surface area contributed by atoms with Gasteiger partial charge in [-0.1, -0.05) is 11.6 Å². The third kappa shape index (κ3) is 3.97. The van der Waals surface area contributed by atoms with Gasteiger partial charge in [0.05, 0.1) is 12.5 Å². The van der Waals surface area contributed by atoms with Crippen LogP contribution in [0.15, 0.2) is 24.3 Å². The minimum atomic E-state index is -0.492. The van der Waals surface area contributed by atoms with Crippen molar-refractivity contribution in [2.45, 2.75) is 12.7 Å². The summed E-state index contributed by atoms with van der Waals surface area (Å²) in [5.74, 6) is -0.626. The molecule has 0 aliphatic carbocycles. The number of rotatable bonds is 6. The van der Waals surface area contributed by atoms with E-state index in [9.17, 15) is 9.59 Å². The van der Waals surface area contributed by atoms with Gasteiger partial charge in [-0.05, 0) is 24.3 Å². The predicted molar refractivity (Wildman–Crippen MR) is 82.7 cm³/mol. The van der Waals surface area contributed by atoms with Gasteiger partial charge in [-0.25, -0.2) is 0 Å². The van der Waals surface area contributed by atoms with E-state index in [0.717, 1.165) is 5.69 Å². The van der Waals surface area contributed by atoms with E-state index in [1.807, 2.05) is 0 Å². The Hall–Kier alpha value is -1.63. The molecule has 2 rings (SSSR count). The summed E-state index contributed by atoms with van der Waals surface area (Å²) in [6.07, 6.45) is -0.299. The molecule has 0 radical (unpaired) electrons. The lowest BCUT2D eigenvalue weighted by atomic mass is 10.1. The molecule has 1 unspecified atom stereocenters. The van der Waals surface area contributed by atoms with Crippen LogP contribution in [0.3, 0.4) is 0 Å². The van der Waals surface area contributed by atoms with Crippen molar-refractivity contribution in [2.24, 2.45) is 5.92 Å². The van der Waals surface area contributed by atoms with Gasteiger partial charge >= 0.3 is 0 Å². The molecule has 22 heavy (non-hydrogen) atoms. The zero-order chi connectivity index (χ0) is 16.1. The molecule has 1 heterocycles. The lowest BCUT2D eigenvalue weighted by molar-refractivity contribution is -0.131. The van der Waals surface area contributed by atoms with E-state index in [0.29, 0.717) is 11.6 Å². The van der Waals surface area contributed by atoms with Crippen LogP contribution in [0.1, 0.15) is 6.42 Å². The lowest BCUT2D eigenvalue weighted by Gasteiger charge is -2.18. The highest BCUT2D eigenvalue weighted by Gasteiger charge is 2.35. The quantitative estimate of drug-likeness (QED) is 0.803. The standard InChI is InChI=1S/C15H19ClN2O4/c1-21-14(22-2)8-17-15(20)10-7-13(19)18(9-10)12-5-3-11(16)4-6-12/h3-6,10,14H,7-9H2,1-2H3,(H,17,20). The van der Waals surface area contributed by atoms with Crippen molar-refractivity contribution in [2.75, 3.05) is 32.2 Å². The number of amides is 2. The summed E-state index contributed by atoms with van der Waals surface area (Å²) in [6.45, 7) is 0.606. The van der Waals surface area contributed by atoms with Crippen molar-refractivity contribution >= 4 is 29.1 Å². The van der Waals surface area contributed by atoms with E-state index in [-0.39, 0.29) is 30.7 Å². The number of halogens is 1. The second-order valence-electron chi connectivity index (χ2n) is 5.03. The number of benzene rings is 1. The fourth-order valence-corrected chi connectivity index (χ4v) is 2.47. The number of carbonyl (C=O) groups excluding carboxylic acids is 2. The molecular weight excluding hydrogens is 308 g/mol. The monoisotopic (exact) mass is 326 g/mol. The van der Waals surface area contributed by atoms with Gasteiger partial charge in [0.25, 0.3) is 0 Å². The zero-order valence-electron chi connectivity index (χ0n) is 12.5. The van der Waals surface area contributed by atoms with Crippen molar-refractivity contribution < 1.29 is 19.1 Å². The minimum absolute atomic E-state index is 0.0718. The van der Waals surface area contributed by atoms with Gasteiger partial charge in [-0.3, -0.25) is 9.59 Å². The van der Waals surface area contributed by atoms with E-state index >= 15 is 0 Å². The Morgan fingerprint density at radius 2 is 2.00 bits per heavy atom. The van der Waals surface area contributed by atoms with E-state index in [2.05, 4.69) is 5.32 Å². The molecule has 2 amide bonds. The van der Waals surface area contributed by atoms with Crippen LogP contribution in [-0.2, 0) is 19.1 Å². The van der Waals surface area contributed by atoms with E-state index in [4.69, 9.17) is 21.1 Å². The van der Waals surface area contributed by atoms with Gasteiger partial charge in [0.15, 0.2) is 6.29 Å². The Morgan fingerprint density at radius 1 is 1.36 bits per heavy atom. The number of carbonyl (C=O) groups is 2. The summed E-state index contributed by atoms with van der Waals surface area (Å²) in [6, 6.07) is 6.98. The maximum absolute atomic E-state index is 12.1. The van der Waals surface area contributed by atoms with Crippen molar-refractivity contribution in [1.82, 2.24) is 5.32 Å². The maximum Gasteiger partial charge on any atom is 0.227 e. The predicted octanol–water partition coefficient (Wildman–Crippen LogP) is 1.43. The molecule has 1 aliphatic rings. The number of nitrogens with zero attached hydrogens (tertiary/aromatic N) is 1. The molecule has 1 aliphatic heterocycles. The topological polar surface area (TPSA) is 67.9 Å². The summed E-state index contributed by atoms with van der Waals surface area (Å²) in [5.41, 5.74) is 0.747. The Labute approximate surface area is 134 Å². The van der Waals surface area contributed by atoms with Crippen molar-refractivity contribution in [3.05, 3.63) is 29.3 Å². The van der Waals surface area contributed by atoms with Crippen LogP contribution < -0.4 is 10.2 Å². The number of anilines is 1. The summed E-state index contributed by atoms with van der Waals surface area (Å²) in [5, 5.41) is 3.35. The molecule has 1 aromatic carbocycles. The van der Waals surface area contributed by atoms with E-state index < -0.39 is 6.29 Å². The first-order chi connectivity index (χ1) is 10.5. The first-order valence-electron chi connectivity index (χ1n) is 6.94. The highest BCUT2D eigenvalue weighted by atomic mass is 35.5. The van der Waals surface area contributed by atoms with Crippen LogP contribution >= 0.6 is 11.6 Å². The third-order valence-electron chi connectivity index (χ3n) is 3.60. The molecule has 1 atom stereocenters. The second-order valence-corrected chi connectivity index (χ2v) is 5.46. The number of methoxy groups -OCH3 is 2. The molecule has 0 saturated carbocycles. The average molecular weight is 327 g/mol. The van der Waals surface area contributed by atoms with Gasteiger partial charge in [-0.15, -0.1) is 0 Å². The molecule has 6 nitrogen and oxygen atoms in total. The first-order valence-corrected chi connectivity index (χ1v) is 7.32. The highest BCUT2D eigenvalue weighted by molar-refractivity contribution is 6.30. The molecular formula is C15H19ClN2O4. The van der Waals surface area contributed by atoms with Crippen LogP contribution in [0.25, 0.3) is 0 Å². The molecule has 120 valence electrons. The summed E-state index contributed by atoms with van der Waals surface area (Å²) in [7, 11) is 3.00.